The van der Waals surface area contributed by atoms with E-state index in [2.05, 4.69) is 38.2 Å². The number of nitriles is 1. The topological polar surface area (TPSA) is 147 Å². The molecular weight excluding hydrogens is 746 g/mol. The fourth-order valence-electron chi connectivity index (χ4n) is 8.91. The SMILES string of the molecule is N#Cc1cc(OC2CCCN(C(=O)c3ccc(N4CCN(CC5CCN(c6cccc7c6C(=O)N(C6CCC(=O)NC6=O)C7=O)CC5)CC4)cc3)CC2)ccc1Cl. The second-order valence-electron chi connectivity index (χ2n) is 15.6. The molecule has 2 atom stereocenters. The predicted octanol–water partition coefficient (Wildman–Crippen LogP) is 4.73. The minimum Gasteiger partial charge on any atom is -0.490 e. The molecule has 0 aromatic heterocycles. The lowest BCUT2D eigenvalue weighted by Crippen LogP contribution is -2.54. The van der Waals surface area contributed by atoms with Crippen molar-refractivity contribution in [3.63, 3.8) is 0 Å². The average molecular weight is 792 g/mol. The molecule has 3 aromatic carbocycles. The van der Waals surface area contributed by atoms with E-state index in [9.17, 15) is 29.2 Å². The van der Waals surface area contributed by atoms with Crippen molar-refractivity contribution in [3.8, 4) is 11.8 Å². The highest BCUT2D eigenvalue weighted by Crippen LogP contribution is 2.36. The smallest absolute Gasteiger partial charge is 0.264 e. The molecule has 57 heavy (non-hydrogen) atoms. The zero-order valence-corrected chi connectivity index (χ0v) is 32.6. The van der Waals surface area contributed by atoms with E-state index in [1.165, 1.54) is 0 Å². The third kappa shape index (κ3) is 8.06. The Bertz CT molecular complexity index is 2100. The van der Waals surface area contributed by atoms with Gasteiger partial charge in [-0.25, -0.2) is 0 Å². The van der Waals surface area contributed by atoms with Gasteiger partial charge in [-0.05, 0) is 92.6 Å². The molecule has 5 amide bonds. The van der Waals surface area contributed by atoms with Gasteiger partial charge in [-0.3, -0.25) is 39.1 Å². The fourth-order valence-corrected chi connectivity index (χ4v) is 9.07. The highest BCUT2D eigenvalue weighted by molar-refractivity contribution is 6.31. The molecule has 5 heterocycles. The number of likely N-dealkylation sites (tertiary alicyclic amines) is 1. The van der Waals surface area contributed by atoms with Crippen molar-refractivity contribution in [3.05, 3.63) is 87.9 Å². The van der Waals surface area contributed by atoms with E-state index in [0.29, 0.717) is 58.5 Å². The van der Waals surface area contributed by atoms with Crippen LogP contribution in [0.15, 0.2) is 60.7 Å². The van der Waals surface area contributed by atoms with E-state index in [1.807, 2.05) is 23.1 Å². The van der Waals surface area contributed by atoms with Crippen LogP contribution in [0.2, 0.25) is 5.02 Å². The Hall–Kier alpha value is -5.45. The molecule has 13 nitrogen and oxygen atoms in total. The zero-order valence-electron chi connectivity index (χ0n) is 31.8. The lowest BCUT2D eigenvalue weighted by atomic mass is 9.94. The van der Waals surface area contributed by atoms with E-state index in [1.54, 1.807) is 30.3 Å². The van der Waals surface area contributed by atoms with Gasteiger partial charge in [0.1, 0.15) is 24.0 Å². The van der Waals surface area contributed by atoms with Gasteiger partial charge in [-0.1, -0.05) is 17.7 Å². The zero-order chi connectivity index (χ0) is 39.6. The molecule has 4 fully saturated rings. The van der Waals surface area contributed by atoms with Gasteiger partial charge in [0.15, 0.2) is 0 Å². The molecule has 5 aliphatic rings. The summed E-state index contributed by atoms with van der Waals surface area (Å²) in [6, 6.07) is 19.5. The van der Waals surface area contributed by atoms with Crippen LogP contribution in [-0.2, 0) is 9.59 Å². The third-order valence-corrected chi connectivity index (χ3v) is 12.4. The third-order valence-electron chi connectivity index (χ3n) is 12.1. The van der Waals surface area contributed by atoms with Gasteiger partial charge in [0.05, 0.1) is 27.4 Å². The average Bonchev–Trinajstić information content (AvgIpc) is 3.34. The summed E-state index contributed by atoms with van der Waals surface area (Å²) in [5, 5.41) is 12.0. The van der Waals surface area contributed by atoms with Crippen molar-refractivity contribution >= 4 is 52.5 Å². The van der Waals surface area contributed by atoms with Crippen LogP contribution in [0.4, 0.5) is 11.4 Å². The summed E-state index contributed by atoms with van der Waals surface area (Å²) in [6.45, 7) is 7.52. The maximum Gasteiger partial charge on any atom is 0.264 e. The summed E-state index contributed by atoms with van der Waals surface area (Å²) in [5.74, 6) is -0.775. The number of amides is 5. The summed E-state index contributed by atoms with van der Waals surface area (Å²) in [6.07, 6.45) is 4.49. The Labute approximate surface area is 337 Å². The number of imide groups is 2. The van der Waals surface area contributed by atoms with Crippen LogP contribution in [-0.4, -0.2) is 115 Å². The van der Waals surface area contributed by atoms with Crippen molar-refractivity contribution in [2.45, 2.75) is 57.1 Å². The first-order valence-corrected chi connectivity index (χ1v) is 20.4. The minimum atomic E-state index is -0.979. The lowest BCUT2D eigenvalue weighted by Gasteiger charge is -2.40. The number of piperidine rings is 2. The van der Waals surface area contributed by atoms with Crippen molar-refractivity contribution in [1.29, 1.82) is 5.26 Å². The van der Waals surface area contributed by atoms with E-state index < -0.39 is 29.7 Å². The lowest BCUT2D eigenvalue weighted by molar-refractivity contribution is -0.136. The Balaban J connectivity index is 0.791. The van der Waals surface area contributed by atoms with Crippen molar-refractivity contribution in [1.82, 2.24) is 20.0 Å². The summed E-state index contributed by atoms with van der Waals surface area (Å²) >= 11 is 6.07. The molecule has 296 valence electrons. The minimum absolute atomic E-state index is 0.0299. The van der Waals surface area contributed by atoms with Crippen LogP contribution in [0.3, 0.4) is 0 Å². The first-order valence-electron chi connectivity index (χ1n) is 20.0. The van der Waals surface area contributed by atoms with Crippen LogP contribution in [0.25, 0.3) is 0 Å². The highest BCUT2D eigenvalue weighted by atomic mass is 35.5. The van der Waals surface area contributed by atoms with Gasteiger partial charge in [0, 0.05) is 83.0 Å². The fraction of sp³-hybridized carbons (Fsp3) is 0.442. The summed E-state index contributed by atoms with van der Waals surface area (Å²) in [4.78, 5) is 74.7. The second-order valence-corrected chi connectivity index (χ2v) is 16.0. The summed E-state index contributed by atoms with van der Waals surface area (Å²) in [5.41, 5.74) is 3.58. The number of benzene rings is 3. The molecular formula is C43H46ClN7O6. The molecule has 14 heteroatoms. The van der Waals surface area contributed by atoms with Gasteiger partial charge in [-0.2, -0.15) is 5.26 Å². The molecule has 0 aliphatic carbocycles. The molecule has 8 rings (SSSR count). The van der Waals surface area contributed by atoms with E-state index >= 15 is 0 Å². The number of fused-ring (bicyclic) bond motifs is 1. The Morgan fingerprint density at radius 2 is 1.60 bits per heavy atom. The Kier molecular flexibility index (Phi) is 11.2. The number of hydrogen-bond acceptors (Lipinski definition) is 10. The van der Waals surface area contributed by atoms with E-state index in [4.69, 9.17) is 16.3 Å². The largest absolute Gasteiger partial charge is 0.490 e. The first-order chi connectivity index (χ1) is 27.7. The number of anilines is 2. The van der Waals surface area contributed by atoms with Crippen molar-refractivity contribution in [2.24, 2.45) is 5.92 Å². The van der Waals surface area contributed by atoms with Crippen LogP contribution in [0.5, 0.6) is 5.75 Å². The van der Waals surface area contributed by atoms with E-state index in [0.717, 1.165) is 87.8 Å². The van der Waals surface area contributed by atoms with Gasteiger partial charge in [0.2, 0.25) is 11.8 Å². The van der Waals surface area contributed by atoms with Crippen LogP contribution in [0.1, 0.15) is 81.6 Å². The Morgan fingerprint density at radius 1 is 0.825 bits per heavy atom. The quantitative estimate of drug-likeness (QED) is 0.318. The molecule has 1 N–H and O–H groups in total. The van der Waals surface area contributed by atoms with Crippen molar-refractivity contribution < 1.29 is 28.7 Å². The number of rotatable bonds is 8. The van der Waals surface area contributed by atoms with Crippen LogP contribution >= 0.6 is 11.6 Å². The molecule has 0 spiro atoms. The molecule has 3 aromatic rings. The molecule has 5 aliphatic heterocycles. The molecule has 0 saturated carbocycles. The number of piperazine rings is 1. The second kappa shape index (κ2) is 16.6. The number of ether oxygens (including phenoxy) is 1. The summed E-state index contributed by atoms with van der Waals surface area (Å²) in [7, 11) is 0. The van der Waals surface area contributed by atoms with Crippen LogP contribution < -0.4 is 19.9 Å². The van der Waals surface area contributed by atoms with Gasteiger partial charge in [0.25, 0.3) is 17.7 Å². The first kappa shape index (κ1) is 38.4. The number of hydrogen-bond donors (Lipinski definition) is 1. The number of halogens is 1. The van der Waals surface area contributed by atoms with Gasteiger partial charge < -0.3 is 19.4 Å². The number of carbonyl (C=O) groups excluding carboxylic acids is 5. The monoisotopic (exact) mass is 791 g/mol. The summed E-state index contributed by atoms with van der Waals surface area (Å²) < 4.78 is 6.17. The Morgan fingerprint density at radius 3 is 2.33 bits per heavy atom. The molecule has 4 saturated heterocycles. The predicted molar refractivity (Wildman–Crippen MR) is 213 cm³/mol. The van der Waals surface area contributed by atoms with Gasteiger partial charge in [-0.15, -0.1) is 0 Å². The number of nitrogens with zero attached hydrogens (tertiary/aromatic N) is 6. The van der Waals surface area contributed by atoms with E-state index in [-0.39, 0.29) is 24.9 Å². The standard InChI is InChI=1S/C43H46ClN7O6/c44-35-11-10-33(25-30(35)26-45)57-32-3-2-17-50(20-16-32)41(54)29-6-8-31(9-7-29)48-23-21-47(22-24-48)27-28-14-18-49(19-15-28)36-5-1-4-34-39(36)43(56)51(42(34)55)37-12-13-38(52)46-40(37)53/h1,4-11,25,28,32,37H,2-3,12-24,27H2,(H,46,52,53). The van der Waals surface area contributed by atoms with Gasteiger partial charge >= 0.3 is 0 Å². The number of nitrogens with one attached hydrogen (secondary N) is 1. The molecule has 0 bridgehead atoms. The maximum absolute atomic E-state index is 13.6. The normalized spacial score (nSPS) is 22.2. The highest BCUT2D eigenvalue weighted by Gasteiger charge is 2.46. The number of carbonyl (C=O) groups is 5. The maximum atomic E-state index is 13.6. The van der Waals surface area contributed by atoms with Crippen molar-refractivity contribution in [2.75, 3.05) is 68.7 Å². The molecule has 2 unspecified atom stereocenters. The van der Waals surface area contributed by atoms with Crippen LogP contribution in [0, 0.1) is 17.2 Å². The molecule has 0 radical (unpaired) electrons.